The Kier molecular flexibility index (Phi) is 19.7. The molecule has 0 heterocycles. The largest absolute Gasteiger partial charge is 1.00 e. The van der Waals surface area contributed by atoms with Crippen molar-refractivity contribution in [2.24, 2.45) is 0 Å². The first-order valence-corrected chi connectivity index (χ1v) is 7.40. The van der Waals surface area contributed by atoms with Crippen molar-refractivity contribution < 1.29 is 28.8 Å². The molecular weight excluding hydrogens is 243 g/mol. The van der Waals surface area contributed by atoms with Crippen molar-refractivity contribution in [2.45, 2.75) is 64.7 Å². The van der Waals surface area contributed by atoms with Gasteiger partial charge in [0.15, 0.2) is 0 Å². The number of aliphatic carboxylic acids is 1. The minimum absolute atomic E-state index is 0. The van der Waals surface area contributed by atoms with Gasteiger partial charge in [-0.2, -0.15) is 36.4 Å². The third kappa shape index (κ3) is 19.6. The number of hydrogen-bond donors (Lipinski definition) is 1. The Labute approximate surface area is 136 Å². The standard InChI is InChI=1S/C11H22O2.C6H5.Li/c1-2-3-4-5-6-7-8-9-10-11(12)13;1-2-4-6-5-3-1;/h2-10H2,1H3,(H,12,13);1-5H;/q;-1;+1. The van der Waals surface area contributed by atoms with Crippen molar-refractivity contribution >= 4 is 5.97 Å². The van der Waals surface area contributed by atoms with Crippen LogP contribution in [-0.4, -0.2) is 11.1 Å². The van der Waals surface area contributed by atoms with Crippen LogP contribution in [0.4, 0.5) is 0 Å². The molecule has 0 atom stereocenters. The van der Waals surface area contributed by atoms with E-state index in [9.17, 15) is 4.79 Å². The van der Waals surface area contributed by atoms with E-state index in [4.69, 9.17) is 5.11 Å². The first-order valence-electron chi connectivity index (χ1n) is 7.40. The second-order valence-electron chi connectivity index (χ2n) is 4.70. The fourth-order valence-electron chi connectivity index (χ4n) is 1.75. The molecule has 20 heavy (non-hydrogen) atoms. The summed E-state index contributed by atoms with van der Waals surface area (Å²) in [6.45, 7) is 2.22. The summed E-state index contributed by atoms with van der Waals surface area (Å²) in [6, 6.07) is 12.5. The number of rotatable bonds is 9. The number of carboxylic acids is 1. The van der Waals surface area contributed by atoms with Gasteiger partial charge in [-0.25, -0.2) is 0 Å². The summed E-state index contributed by atoms with van der Waals surface area (Å²) in [7, 11) is 0. The van der Waals surface area contributed by atoms with Gasteiger partial charge in [-0.05, 0) is 6.42 Å². The monoisotopic (exact) mass is 270 g/mol. The van der Waals surface area contributed by atoms with E-state index in [0.717, 1.165) is 12.8 Å². The van der Waals surface area contributed by atoms with Crippen molar-refractivity contribution in [3.8, 4) is 0 Å². The smallest absolute Gasteiger partial charge is 0.481 e. The van der Waals surface area contributed by atoms with E-state index >= 15 is 0 Å². The van der Waals surface area contributed by atoms with Crippen LogP contribution in [0.2, 0.25) is 0 Å². The molecular formula is C17H27LiO2. The maximum atomic E-state index is 10.2. The minimum atomic E-state index is -0.661. The third-order valence-electron chi connectivity index (χ3n) is 2.85. The molecule has 0 aliphatic carbocycles. The quantitative estimate of drug-likeness (QED) is 0.424. The Hall–Kier alpha value is -0.713. The molecule has 3 heteroatoms. The Bertz CT molecular complexity index is 262. The minimum Gasteiger partial charge on any atom is -0.481 e. The van der Waals surface area contributed by atoms with Crippen LogP contribution in [0, 0.1) is 6.07 Å². The molecule has 0 fully saturated rings. The third-order valence-corrected chi connectivity index (χ3v) is 2.85. The maximum Gasteiger partial charge on any atom is 1.00 e. The molecule has 2 nitrogen and oxygen atoms in total. The number of benzene rings is 1. The van der Waals surface area contributed by atoms with Gasteiger partial charge in [0, 0.05) is 6.42 Å². The second-order valence-corrected chi connectivity index (χ2v) is 4.70. The molecule has 0 saturated carbocycles. The number of unbranched alkanes of at least 4 members (excludes halogenated alkanes) is 7. The molecule has 1 rings (SSSR count). The normalized spacial score (nSPS) is 9.05. The second kappa shape index (κ2) is 18.3. The van der Waals surface area contributed by atoms with Gasteiger partial charge in [-0.3, -0.25) is 4.79 Å². The van der Waals surface area contributed by atoms with Gasteiger partial charge in [-0.15, -0.1) is 0 Å². The number of hydrogen-bond acceptors (Lipinski definition) is 1. The Morgan fingerprint density at radius 1 is 0.900 bits per heavy atom. The van der Waals surface area contributed by atoms with E-state index in [1.807, 2.05) is 30.3 Å². The number of carbonyl (C=O) groups is 1. The Morgan fingerprint density at radius 3 is 1.75 bits per heavy atom. The first-order chi connectivity index (χ1) is 9.27. The van der Waals surface area contributed by atoms with Crippen molar-refractivity contribution in [2.75, 3.05) is 0 Å². The zero-order valence-corrected chi connectivity index (χ0v) is 13.1. The zero-order valence-electron chi connectivity index (χ0n) is 13.1. The molecule has 0 saturated heterocycles. The molecule has 0 amide bonds. The summed E-state index contributed by atoms with van der Waals surface area (Å²) < 4.78 is 0. The summed E-state index contributed by atoms with van der Waals surface area (Å²) in [6.07, 6.45) is 10.1. The fraction of sp³-hybridized carbons (Fsp3) is 0.588. The van der Waals surface area contributed by atoms with Crippen molar-refractivity contribution in [3.63, 3.8) is 0 Å². The molecule has 108 valence electrons. The van der Waals surface area contributed by atoms with E-state index in [1.165, 1.54) is 38.5 Å². The maximum absolute atomic E-state index is 10.2. The molecule has 1 aromatic carbocycles. The summed E-state index contributed by atoms with van der Waals surface area (Å²) in [5.74, 6) is -0.661. The topological polar surface area (TPSA) is 37.3 Å². The van der Waals surface area contributed by atoms with Crippen LogP contribution in [0.3, 0.4) is 0 Å². The van der Waals surface area contributed by atoms with Gasteiger partial charge in [0.25, 0.3) is 0 Å². The van der Waals surface area contributed by atoms with E-state index in [1.54, 1.807) is 0 Å². The Balaban J connectivity index is 0. The predicted octanol–water partition coefficient (Wildman–Crippen LogP) is 2.09. The van der Waals surface area contributed by atoms with E-state index in [2.05, 4.69) is 13.0 Å². The molecule has 0 aromatic heterocycles. The molecule has 0 spiro atoms. The summed E-state index contributed by atoms with van der Waals surface area (Å²) in [4.78, 5) is 10.2. The molecule has 0 bridgehead atoms. The predicted molar refractivity (Wildman–Crippen MR) is 80.1 cm³/mol. The average Bonchev–Trinajstić information content (AvgIpc) is 2.44. The van der Waals surface area contributed by atoms with Crippen molar-refractivity contribution in [3.05, 3.63) is 36.4 Å². The summed E-state index contributed by atoms with van der Waals surface area (Å²) >= 11 is 0. The Morgan fingerprint density at radius 2 is 1.40 bits per heavy atom. The van der Waals surface area contributed by atoms with Gasteiger partial charge < -0.3 is 5.11 Å². The number of carboxylic acid groups (broad SMARTS) is 1. The van der Waals surface area contributed by atoms with Crippen LogP contribution in [0.25, 0.3) is 0 Å². The first kappa shape index (κ1) is 21.6. The van der Waals surface area contributed by atoms with E-state index in [-0.39, 0.29) is 18.9 Å². The van der Waals surface area contributed by atoms with Crippen LogP contribution >= 0.6 is 0 Å². The van der Waals surface area contributed by atoms with Crippen LogP contribution in [-0.2, 0) is 4.79 Å². The summed E-state index contributed by atoms with van der Waals surface area (Å²) in [5.41, 5.74) is 0. The van der Waals surface area contributed by atoms with Crippen LogP contribution in [0.1, 0.15) is 64.7 Å². The molecule has 0 aliphatic rings. The van der Waals surface area contributed by atoms with Crippen molar-refractivity contribution in [1.29, 1.82) is 0 Å². The molecule has 1 aromatic rings. The van der Waals surface area contributed by atoms with E-state index < -0.39 is 5.97 Å². The van der Waals surface area contributed by atoms with Crippen LogP contribution in [0.5, 0.6) is 0 Å². The van der Waals surface area contributed by atoms with Crippen LogP contribution in [0.15, 0.2) is 30.3 Å². The van der Waals surface area contributed by atoms with E-state index in [0.29, 0.717) is 6.42 Å². The molecule has 0 aliphatic heterocycles. The molecule has 0 radical (unpaired) electrons. The van der Waals surface area contributed by atoms with Gasteiger partial charge in [-0.1, -0.05) is 51.9 Å². The van der Waals surface area contributed by atoms with Gasteiger partial charge >= 0.3 is 24.8 Å². The zero-order chi connectivity index (χ0) is 14.2. The molecule has 1 N–H and O–H groups in total. The van der Waals surface area contributed by atoms with Gasteiger partial charge in [0.2, 0.25) is 0 Å². The van der Waals surface area contributed by atoms with Crippen molar-refractivity contribution in [1.82, 2.24) is 0 Å². The molecule has 0 unspecified atom stereocenters. The van der Waals surface area contributed by atoms with Crippen LogP contribution < -0.4 is 18.9 Å². The summed E-state index contributed by atoms with van der Waals surface area (Å²) in [5, 5.41) is 8.39. The van der Waals surface area contributed by atoms with Gasteiger partial charge in [0.1, 0.15) is 0 Å². The fourth-order valence-corrected chi connectivity index (χ4v) is 1.75. The SMILES string of the molecule is CCCCCCCCCCC(=O)O.[Li+].[c-]1ccccc1. The van der Waals surface area contributed by atoms with Gasteiger partial charge in [0.05, 0.1) is 0 Å². The average molecular weight is 270 g/mol.